The zero-order chi connectivity index (χ0) is 5.98. The molecular formula is C6H11NO. The number of nitrogens with two attached hydrogens (primary N) is 1. The molecule has 1 rings (SSSR count). The van der Waals surface area contributed by atoms with Crippen LogP contribution in [0.1, 0.15) is 19.3 Å². The Balaban J connectivity index is 2.45. The zero-order valence-electron chi connectivity index (χ0n) is 4.80. The number of aliphatic hydroxyl groups is 1. The van der Waals surface area contributed by atoms with Gasteiger partial charge in [0.2, 0.25) is 0 Å². The lowest BCUT2D eigenvalue weighted by Crippen LogP contribution is -2.22. The van der Waals surface area contributed by atoms with Crippen LogP contribution in [0, 0.1) is 0 Å². The first-order valence-corrected chi connectivity index (χ1v) is 2.92. The minimum absolute atomic E-state index is 0.194. The average Bonchev–Trinajstić information content (AvgIpc) is 1.64. The highest BCUT2D eigenvalue weighted by molar-refractivity contribution is 4.98. The molecule has 0 saturated carbocycles. The highest BCUT2D eigenvalue weighted by Gasteiger charge is 2.08. The van der Waals surface area contributed by atoms with Crippen molar-refractivity contribution in [3.05, 3.63) is 11.8 Å². The minimum Gasteiger partial charge on any atom is -0.513 e. The number of aliphatic hydroxyl groups excluding tert-OH is 1. The molecule has 0 saturated heterocycles. The van der Waals surface area contributed by atoms with Gasteiger partial charge < -0.3 is 10.8 Å². The van der Waals surface area contributed by atoms with Crippen LogP contribution in [0.2, 0.25) is 0 Å². The molecule has 0 spiro atoms. The van der Waals surface area contributed by atoms with Crippen LogP contribution in [0.25, 0.3) is 0 Å². The monoisotopic (exact) mass is 113 g/mol. The quantitative estimate of drug-likeness (QED) is 0.491. The molecule has 3 N–H and O–H groups in total. The van der Waals surface area contributed by atoms with Crippen LogP contribution in [-0.4, -0.2) is 11.1 Å². The van der Waals surface area contributed by atoms with Crippen molar-refractivity contribution < 1.29 is 5.11 Å². The smallest absolute Gasteiger partial charge is 0.0898 e. The Bertz CT molecular complexity index is 109. The average molecular weight is 113 g/mol. The number of rotatable bonds is 0. The molecule has 0 bridgehead atoms. The second kappa shape index (κ2) is 2.18. The Labute approximate surface area is 49.0 Å². The predicted molar refractivity (Wildman–Crippen MR) is 32.5 cm³/mol. The van der Waals surface area contributed by atoms with E-state index in [1.54, 1.807) is 0 Å². The Kier molecular flexibility index (Phi) is 1.53. The summed E-state index contributed by atoms with van der Waals surface area (Å²) in [4.78, 5) is 0. The summed E-state index contributed by atoms with van der Waals surface area (Å²) in [7, 11) is 0. The van der Waals surface area contributed by atoms with Crippen molar-refractivity contribution in [1.29, 1.82) is 0 Å². The van der Waals surface area contributed by atoms with Crippen LogP contribution < -0.4 is 5.73 Å². The molecule has 1 aliphatic carbocycles. The first-order valence-electron chi connectivity index (χ1n) is 2.92. The molecule has 0 heterocycles. The van der Waals surface area contributed by atoms with E-state index in [-0.39, 0.29) is 6.04 Å². The molecule has 0 radical (unpaired) electrons. The second-order valence-electron chi connectivity index (χ2n) is 2.24. The summed E-state index contributed by atoms with van der Waals surface area (Å²) < 4.78 is 0. The summed E-state index contributed by atoms with van der Waals surface area (Å²) in [6.07, 6.45) is 4.46. The molecule has 1 unspecified atom stereocenters. The lowest BCUT2D eigenvalue weighted by molar-refractivity contribution is 0.353. The third-order valence-corrected chi connectivity index (χ3v) is 1.39. The Morgan fingerprint density at radius 3 is 2.88 bits per heavy atom. The SMILES string of the molecule is NC1CCC=C(O)C1. The van der Waals surface area contributed by atoms with Crippen LogP contribution >= 0.6 is 0 Å². The van der Waals surface area contributed by atoms with Gasteiger partial charge in [-0.25, -0.2) is 0 Å². The molecule has 0 aromatic rings. The van der Waals surface area contributed by atoms with Gasteiger partial charge in [0.15, 0.2) is 0 Å². The lowest BCUT2D eigenvalue weighted by atomic mass is 10.0. The van der Waals surface area contributed by atoms with Crippen LogP contribution in [0.5, 0.6) is 0 Å². The van der Waals surface area contributed by atoms with E-state index in [0.29, 0.717) is 12.2 Å². The van der Waals surface area contributed by atoms with Gasteiger partial charge in [-0.2, -0.15) is 0 Å². The minimum atomic E-state index is 0.194. The molecule has 8 heavy (non-hydrogen) atoms. The van der Waals surface area contributed by atoms with E-state index in [1.165, 1.54) is 0 Å². The maximum atomic E-state index is 8.86. The molecule has 2 nitrogen and oxygen atoms in total. The van der Waals surface area contributed by atoms with E-state index in [1.807, 2.05) is 6.08 Å². The van der Waals surface area contributed by atoms with Crippen LogP contribution in [0.4, 0.5) is 0 Å². The number of hydrogen-bond acceptors (Lipinski definition) is 2. The fourth-order valence-corrected chi connectivity index (χ4v) is 0.918. The largest absolute Gasteiger partial charge is 0.513 e. The van der Waals surface area contributed by atoms with Crippen LogP contribution in [-0.2, 0) is 0 Å². The van der Waals surface area contributed by atoms with E-state index in [2.05, 4.69) is 0 Å². The summed E-state index contributed by atoms with van der Waals surface area (Å²) in [5.41, 5.74) is 5.52. The predicted octanol–water partition coefficient (Wildman–Crippen LogP) is 0.940. The summed E-state index contributed by atoms with van der Waals surface area (Å²) in [5.74, 6) is 0.462. The number of hydrogen-bond donors (Lipinski definition) is 2. The van der Waals surface area contributed by atoms with E-state index in [0.717, 1.165) is 12.8 Å². The Hall–Kier alpha value is -0.500. The van der Waals surface area contributed by atoms with Gasteiger partial charge >= 0.3 is 0 Å². The fourth-order valence-electron chi connectivity index (χ4n) is 0.918. The Morgan fingerprint density at radius 2 is 2.50 bits per heavy atom. The topological polar surface area (TPSA) is 46.2 Å². The van der Waals surface area contributed by atoms with Crippen LogP contribution in [0.15, 0.2) is 11.8 Å². The molecule has 0 fully saturated rings. The van der Waals surface area contributed by atoms with Gasteiger partial charge in [-0.3, -0.25) is 0 Å². The van der Waals surface area contributed by atoms with Crippen molar-refractivity contribution in [3.63, 3.8) is 0 Å². The molecule has 1 aliphatic rings. The van der Waals surface area contributed by atoms with E-state index in [4.69, 9.17) is 10.8 Å². The van der Waals surface area contributed by atoms with Gasteiger partial charge in [0.1, 0.15) is 0 Å². The fraction of sp³-hybridized carbons (Fsp3) is 0.667. The molecule has 46 valence electrons. The van der Waals surface area contributed by atoms with Gasteiger partial charge in [-0.05, 0) is 18.9 Å². The van der Waals surface area contributed by atoms with Crippen molar-refractivity contribution >= 4 is 0 Å². The van der Waals surface area contributed by atoms with E-state index in [9.17, 15) is 0 Å². The summed E-state index contributed by atoms with van der Waals surface area (Å²) >= 11 is 0. The maximum absolute atomic E-state index is 8.86. The van der Waals surface area contributed by atoms with Gasteiger partial charge in [-0.1, -0.05) is 0 Å². The molecule has 0 amide bonds. The first-order chi connectivity index (χ1) is 3.79. The van der Waals surface area contributed by atoms with Gasteiger partial charge in [-0.15, -0.1) is 0 Å². The zero-order valence-corrected chi connectivity index (χ0v) is 4.80. The van der Waals surface area contributed by atoms with Crippen molar-refractivity contribution in [2.45, 2.75) is 25.3 Å². The molecule has 0 aliphatic heterocycles. The second-order valence-corrected chi connectivity index (χ2v) is 2.24. The van der Waals surface area contributed by atoms with Crippen molar-refractivity contribution in [2.24, 2.45) is 5.73 Å². The molecule has 1 atom stereocenters. The van der Waals surface area contributed by atoms with E-state index >= 15 is 0 Å². The lowest BCUT2D eigenvalue weighted by Gasteiger charge is -2.13. The summed E-state index contributed by atoms with van der Waals surface area (Å²) in [5, 5.41) is 8.86. The van der Waals surface area contributed by atoms with Gasteiger partial charge in [0.05, 0.1) is 5.76 Å². The van der Waals surface area contributed by atoms with Crippen molar-refractivity contribution in [3.8, 4) is 0 Å². The first kappa shape index (κ1) is 5.63. The summed E-state index contributed by atoms with van der Waals surface area (Å²) in [6.45, 7) is 0. The van der Waals surface area contributed by atoms with E-state index < -0.39 is 0 Å². The third kappa shape index (κ3) is 1.23. The maximum Gasteiger partial charge on any atom is 0.0898 e. The standard InChI is InChI=1S/C6H11NO/c7-5-2-1-3-6(8)4-5/h3,5,8H,1-2,4,7H2. The van der Waals surface area contributed by atoms with Crippen molar-refractivity contribution in [2.75, 3.05) is 0 Å². The molecular weight excluding hydrogens is 102 g/mol. The summed E-state index contributed by atoms with van der Waals surface area (Å²) in [6, 6.07) is 0.194. The number of allylic oxidation sites excluding steroid dienone is 1. The highest BCUT2D eigenvalue weighted by Crippen LogP contribution is 2.13. The molecule has 0 aromatic heterocycles. The molecule has 2 heteroatoms. The van der Waals surface area contributed by atoms with Crippen LogP contribution in [0.3, 0.4) is 0 Å². The van der Waals surface area contributed by atoms with Gasteiger partial charge in [0, 0.05) is 12.5 Å². The Morgan fingerprint density at radius 1 is 1.75 bits per heavy atom. The molecule has 0 aromatic carbocycles. The van der Waals surface area contributed by atoms with Crippen molar-refractivity contribution in [1.82, 2.24) is 0 Å². The third-order valence-electron chi connectivity index (χ3n) is 1.39. The highest BCUT2D eigenvalue weighted by atomic mass is 16.3. The normalized spacial score (nSPS) is 29.6. The van der Waals surface area contributed by atoms with Gasteiger partial charge in [0.25, 0.3) is 0 Å².